The molecule has 2 aliphatic rings. The number of likely N-dealkylation sites (tertiary alicyclic amines) is 1. The Morgan fingerprint density at radius 2 is 2.00 bits per heavy atom. The monoisotopic (exact) mass is 481 g/mol. The number of rotatable bonds is 2. The topological polar surface area (TPSA) is 169 Å². The molecule has 6 N–H and O–H groups in total. The van der Waals surface area contributed by atoms with Crippen molar-refractivity contribution in [3.8, 4) is 17.3 Å². The summed E-state index contributed by atoms with van der Waals surface area (Å²) in [5, 5.41) is 25.6. The van der Waals surface area contributed by atoms with E-state index < -0.39 is 12.1 Å². The number of nitrogens with two attached hydrogens (primary N) is 1. The zero-order valence-electron chi connectivity index (χ0n) is 19.7. The summed E-state index contributed by atoms with van der Waals surface area (Å²) in [6.07, 6.45) is 2.92. The number of methoxy groups -OCH3 is 1. The molecule has 2 aromatic rings. The van der Waals surface area contributed by atoms with Gasteiger partial charge in [-0.05, 0) is 43.9 Å². The van der Waals surface area contributed by atoms with Gasteiger partial charge in [0.05, 0.1) is 19.3 Å². The van der Waals surface area contributed by atoms with Crippen LogP contribution < -0.4 is 16.4 Å². The van der Waals surface area contributed by atoms with Gasteiger partial charge in [-0.3, -0.25) is 10.1 Å². The third kappa shape index (κ3) is 5.55. The Kier molecular flexibility index (Phi) is 7.53. The molecule has 2 atom stereocenters. The number of hydrogen-bond donors (Lipinski definition) is 5. The number of benzene rings is 1. The van der Waals surface area contributed by atoms with Crippen LogP contribution in [0.25, 0.3) is 11.3 Å². The van der Waals surface area contributed by atoms with Gasteiger partial charge in [-0.2, -0.15) is 5.26 Å². The van der Waals surface area contributed by atoms with Crippen LogP contribution in [0.15, 0.2) is 18.2 Å². The number of aliphatic hydroxyl groups excluding tert-OH is 1. The molecule has 4 rings (SSSR count). The molecular formula is C24H31N7O4. The van der Waals surface area contributed by atoms with E-state index in [0.717, 1.165) is 12.8 Å². The van der Waals surface area contributed by atoms with Crippen LogP contribution in [0, 0.1) is 11.3 Å². The van der Waals surface area contributed by atoms with Gasteiger partial charge >= 0.3 is 6.09 Å². The normalized spacial score (nSPS) is 20.9. The average Bonchev–Trinajstić information content (AvgIpc) is 3.29. The number of nitriles is 1. The van der Waals surface area contributed by atoms with E-state index in [1.807, 2.05) is 0 Å². The number of fused-ring (bicyclic) bond motifs is 4. The number of carbonyl (C=O) groups excluding carboxylic acids is 2. The molecule has 2 amide bonds. The molecular weight excluding hydrogens is 450 g/mol. The zero-order valence-corrected chi connectivity index (χ0v) is 19.7. The third-order valence-electron chi connectivity index (χ3n) is 6.55. The number of amides is 2. The quantitative estimate of drug-likeness (QED) is 0.435. The van der Waals surface area contributed by atoms with Crippen LogP contribution in [0.1, 0.15) is 56.1 Å². The Hall–Kier alpha value is -3.62. The highest BCUT2D eigenvalue weighted by molar-refractivity contribution is 5.91. The Labute approximate surface area is 203 Å². The van der Waals surface area contributed by atoms with Gasteiger partial charge in [-0.25, -0.2) is 9.78 Å². The molecule has 3 heterocycles. The largest absolute Gasteiger partial charge is 0.453 e. The fourth-order valence-electron chi connectivity index (χ4n) is 4.56. The molecule has 11 heteroatoms. The molecule has 1 aromatic carbocycles. The Bertz CT molecular complexity index is 1120. The second kappa shape index (κ2) is 10.8. The van der Waals surface area contributed by atoms with Crippen molar-refractivity contribution in [1.29, 1.82) is 5.26 Å². The molecule has 11 nitrogen and oxygen atoms in total. The molecule has 1 fully saturated rings. The first-order valence-corrected chi connectivity index (χ1v) is 11.9. The summed E-state index contributed by atoms with van der Waals surface area (Å²) in [6, 6.07) is 6.39. The summed E-state index contributed by atoms with van der Waals surface area (Å²) < 4.78 is 4.70. The molecule has 0 unspecified atom stereocenters. The number of nitrogens with one attached hydrogen (secondary N) is 3. The van der Waals surface area contributed by atoms with Crippen LogP contribution >= 0.6 is 0 Å². The number of imidazole rings is 1. The maximum atomic E-state index is 13.5. The minimum absolute atomic E-state index is 0.0428. The number of aliphatic hydroxyl groups is 1. The molecule has 0 spiro atoms. The van der Waals surface area contributed by atoms with Crippen molar-refractivity contribution in [3.05, 3.63) is 29.7 Å². The average molecular weight is 482 g/mol. The number of H-pyrrole nitrogens is 1. The number of ether oxygens (including phenoxy) is 1. The van der Waals surface area contributed by atoms with Gasteiger partial charge < -0.3 is 30.8 Å². The van der Waals surface area contributed by atoms with Gasteiger partial charge in [0.25, 0.3) is 0 Å². The van der Waals surface area contributed by atoms with Gasteiger partial charge in [-0.1, -0.05) is 12.8 Å². The second-order valence-corrected chi connectivity index (χ2v) is 8.98. The minimum Gasteiger partial charge on any atom is -0.453 e. The van der Waals surface area contributed by atoms with Crippen molar-refractivity contribution >= 4 is 23.4 Å². The van der Waals surface area contributed by atoms with Crippen LogP contribution in [0.4, 0.5) is 16.2 Å². The van der Waals surface area contributed by atoms with Crippen molar-refractivity contribution in [1.82, 2.24) is 14.9 Å². The molecule has 0 saturated carbocycles. The van der Waals surface area contributed by atoms with E-state index in [0.29, 0.717) is 67.2 Å². The van der Waals surface area contributed by atoms with E-state index in [2.05, 4.69) is 26.7 Å². The second-order valence-electron chi connectivity index (χ2n) is 8.98. The smallest absolute Gasteiger partial charge is 0.411 e. The minimum atomic E-state index is -0.622. The van der Waals surface area contributed by atoms with E-state index in [9.17, 15) is 20.0 Å². The maximum absolute atomic E-state index is 13.5. The standard InChI is InChI=1S/C24H31N7O4/c1-35-24(34)27-14-6-7-16-19(12-14)28-18(23(33)31-10-8-15(32)9-11-31)5-3-2-4-17(26)22-29-20(13-25)21(16)30-22/h6-7,12,15,17-18,28,32H,2-5,8-11,26H2,1H3,(H,27,34)(H,29,30)/t17-,18+/m0/s1. The lowest BCUT2D eigenvalue weighted by molar-refractivity contribution is -0.134. The predicted molar refractivity (Wildman–Crippen MR) is 129 cm³/mol. The van der Waals surface area contributed by atoms with Gasteiger partial charge in [0.1, 0.15) is 29.3 Å². The molecule has 0 radical (unpaired) electrons. The van der Waals surface area contributed by atoms with Crippen molar-refractivity contribution in [2.45, 2.75) is 56.7 Å². The van der Waals surface area contributed by atoms with E-state index in [4.69, 9.17) is 10.5 Å². The van der Waals surface area contributed by atoms with Crippen LogP contribution in [-0.4, -0.2) is 64.3 Å². The van der Waals surface area contributed by atoms with Gasteiger partial charge in [0, 0.05) is 30.0 Å². The lowest BCUT2D eigenvalue weighted by Crippen LogP contribution is -2.47. The molecule has 2 bridgehead atoms. The van der Waals surface area contributed by atoms with E-state index in [1.165, 1.54) is 7.11 Å². The summed E-state index contributed by atoms with van der Waals surface area (Å²) in [6.45, 7) is 1.00. The fourth-order valence-corrected chi connectivity index (χ4v) is 4.56. The summed E-state index contributed by atoms with van der Waals surface area (Å²) in [5.41, 5.74) is 8.68. The highest BCUT2D eigenvalue weighted by atomic mass is 16.5. The number of nitrogens with zero attached hydrogens (tertiary/aromatic N) is 3. The summed E-state index contributed by atoms with van der Waals surface area (Å²) in [4.78, 5) is 34.8. The highest BCUT2D eigenvalue weighted by Crippen LogP contribution is 2.34. The first-order valence-electron chi connectivity index (χ1n) is 11.9. The first-order chi connectivity index (χ1) is 16.9. The summed E-state index contributed by atoms with van der Waals surface area (Å²) in [5.74, 6) is 0.498. The van der Waals surface area contributed by atoms with Crippen molar-refractivity contribution in [2.75, 3.05) is 30.8 Å². The molecule has 2 aliphatic heterocycles. The number of piperidine rings is 1. The van der Waals surface area contributed by atoms with E-state index >= 15 is 0 Å². The van der Waals surface area contributed by atoms with Crippen LogP contribution in [0.3, 0.4) is 0 Å². The van der Waals surface area contributed by atoms with Crippen LogP contribution in [0.5, 0.6) is 0 Å². The molecule has 1 saturated heterocycles. The van der Waals surface area contributed by atoms with Gasteiger partial charge in [-0.15, -0.1) is 0 Å². The Morgan fingerprint density at radius 1 is 1.26 bits per heavy atom. The number of hydrogen-bond acceptors (Lipinski definition) is 8. The summed E-state index contributed by atoms with van der Waals surface area (Å²) >= 11 is 0. The van der Waals surface area contributed by atoms with Gasteiger partial charge in [0.2, 0.25) is 5.91 Å². The molecule has 0 aliphatic carbocycles. The first kappa shape index (κ1) is 24.5. The number of anilines is 2. The third-order valence-corrected chi connectivity index (χ3v) is 6.55. The van der Waals surface area contributed by atoms with Gasteiger partial charge in [0.15, 0.2) is 0 Å². The predicted octanol–water partition coefficient (Wildman–Crippen LogP) is 2.46. The Balaban J connectivity index is 1.75. The number of carbonyl (C=O) groups is 2. The molecule has 1 aromatic heterocycles. The molecule has 35 heavy (non-hydrogen) atoms. The number of aromatic amines is 1. The van der Waals surface area contributed by atoms with Crippen molar-refractivity contribution < 1.29 is 19.4 Å². The summed E-state index contributed by atoms with van der Waals surface area (Å²) in [7, 11) is 1.28. The van der Waals surface area contributed by atoms with Crippen molar-refractivity contribution in [3.63, 3.8) is 0 Å². The number of aromatic nitrogens is 2. The maximum Gasteiger partial charge on any atom is 0.411 e. The highest BCUT2D eigenvalue weighted by Gasteiger charge is 2.29. The van der Waals surface area contributed by atoms with E-state index in [1.54, 1.807) is 23.1 Å². The SMILES string of the molecule is COC(=O)Nc1ccc2c(c1)N[C@@H](C(=O)N1CCC(O)CC1)CCCC[C@H](N)c1nc-2c(C#N)[nH]1. The van der Waals surface area contributed by atoms with Crippen molar-refractivity contribution in [2.24, 2.45) is 5.73 Å². The fraction of sp³-hybridized carbons (Fsp3) is 0.500. The van der Waals surface area contributed by atoms with Crippen LogP contribution in [0.2, 0.25) is 0 Å². The molecule has 186 valence electrons. The lowest BCUT2D eigenvalue weighted by Gasteiger charge is -2.33. The Morgan fingerprint density at radius 3 is 2.71 bits per heavy atom. The lowest BCUT2D eigenvalue weighted by atomic mass is 10.00. The van der Waals surface area contributed by atoms with Crippen LogP contribution in [-0.2, 0) is 9.53 Å². The zero-order chi connectivity index (χ0) is 24.9. The van der Waals surface area contributed by atoms with E-state index in [-0.39, 0.29) is 23.7 Å².